The summed E-state index contributed by atoms with van der Waals surface area (Å²) < 4.78 is 5.48. The summed E-state index contributed by atoms with van der Waals surface area (Å²) in [6, 6.07) is 3.54. The number of carbonyl (C=O) groups is 2. The van der Waals surface area contributed by atoms with Crippen LogP contribution in [0.4, 0.5) is 4.79 Å². The molecule has 1 aromatic heterocycles. The van der Waals surface area contributed by atoms with Gasteiger partial charge in [0.15, 0.2) is 0 Å². The fraction of sp³-hybridized carbons (Fsp3) is 0.650. The highest BCUT2D eigenvalue weighted by Crippen LogP contribution is 2.41. The van der Waals surface area contributed by atoms with Gasteiger partial charge < -0.3 is 14.5 Å². The van der Waals surface area contributed by atoms with Crippen molar-refractivity contribution in [3.63, 3.8) is 0 Å². The number of carbonyl (C=O) groups excluding carboxylic acids is 2. The van der Waals surface area contributed by atoms with Crippen molar-refractivity contribution >= 4 is 12.0 Å². The number of amides is 2. The molecule has 0 atom stereocenters. The van der Waals surface area contributed by atoms with Crippen molar-refractivity contribution in [2.45, 2.75) is 52.1 Å². The molecule has 1 aromatic rings. The van der Waals surface area contributed by atoms with Gasteiger partial charge in [-0.05, 0) is 64.0 Å². The standard InChI is InChI=1S/C20H29N3O3/c1-19(2,3)26-18(25)23-14-8-20(9-15-23)6-12-22(13-7-20)17(24)16-4-10-21-11-5-16/h4-5,10-11H,6-9,12-15H2,1-3H3. The summed E-state index contributed by atoms with van der Waals surface area (Å²) in [5, 5.41) is 0. The number of likely N-dealkylation sites (tertiary alicyclic amines) is 2. The summed E-state index contributed by atoms with van der Waals surface area (Å²) in [5.41, 5.74) is 0.508. The number of ether oxygens (including phenoxy) is 1. The highest BCUT2D eigenvalue weighted by atomic mass is 16.6. The lowest BCUT2D eigenvalue weighted by atomic mass is 9.71. The third-order valence-electron chi connectivity index (χ3n) is 5.51. The fourth-order valence-electron chi connectivity index (χ4n) is 3.85. The minimum Gasteiger partial charge on any atom is -0.444 e. The van der Waals surface area contributed by atoms with Crippen molar-refractivity contribution in [3.05, 3.63) is 30.1 Å². The monoisotopic (exact) mass is 359 g/mol. The maximum Gasteiger partial charge on any atom is 0.410 e. The van der Waals surface area contributed by atoms with Gasteiger partial charge >= 0.3 is 6.09 Å². The van der Waals surface area contributed by atoms with Crippen LogP contribution in [0.5, 0.6) is 0 Å². The molecule has 6 heteroatoms. The molecule has 2 aliphatic heterocycles. The predicted octanol–water partition coefficient (Wildman–Crippen LogP) is 3.33. The van der Waals surface area contributed by atoms with Gasteiger partial charge in [-0.3, -0.25) is 9.78 Å². The van der Waals surface area contributed by atoms with E-state index in [1.165, 1.54) is 0 Å². The molecule has 0 aliphatic carbocycles. The van der Waals surface area contributed by atoms with Crippen LogP contribution in [-0.4, -0.2) is 58.6 Å². The third-order valence-corrected chi connectivity index (χ3v) is 5.51. The van der Waals surface area contributed by atoms with E-state index in [1.54, 1.807) is 24.5 Å². The van der Waals surface area contributed by atoms with E-state index < -0.39 is 5.60 Å². The molecular formula is C20H29N3O3. The van der Waals surface area contributed by atoms with Crippen LogP contribution in [0.2, 0.25) is 0 Å². The lowest BCUT2D eigenvalue weighted by Gasteiger charge is -2.46. The van der Waals surface area contributed by atoms with Crippen LogP contribution in [-0.2, 0) is 4.74 Å². The maximum atomic E-state index is 12.6. The van der Waals surface area contributed by atoms with Gasteiger partial charge in [0.25, 0.3) is 5.91 Å². The van der Waals surface area contributed by atoms with Crippen molar-refractivity contribution in [1.82, 2.24) is 14.8 Å². The minimum atomic E-state index is -0.453. The highest BCUT2D eigenvalue weighted by Gasteiger charge is 2.40. The van der Waals surface area contributed by atoms with Crippen molar-refractivity contribution in [2.75, 3.05) is 26.2 Å². The minimum absolute atomic E-state index is 0.0911. The van der Waals surface area contributed by atoms with Crippen molar-refractivity contribution in [3.8, 4) is 0 Å². The number of hydrogen-bond acceptors (Lipinski definition) is 4. The zero-order valence-electron chi connectivity index (χ0n) is 16.0. The van der Waals surface area contributed by atoms with Gasteiger partial charge in [0.2, 0.25) is 0 Å². The molecule has 0 bridgehead atoms. The third kappa shape index (κ3) is 4.34. The Morgan fingerprint density at radius 2 is 1.46 bits per heavy atom. The van der Waals surface area contributed by atoms with E-state index in [0.29, 0.717) is 5.56 Å². The molecular weight excluding hydrogens is 330 g/mol. The zero-order chi connectivity index (χ0) is 18.8. The van der Waals surface area contributed by atoms with Gasteiger partial charge in [0, 0.05) is 44.1 Å². The SMILES string of the molecule is CC(C)(C)OC(=O)N1CCC2(CC1)CCN(C(=O)c1ccncc1)CC2. The van der Waals surface area contributed by atoms with Crippen LogP contribution in [0.15, 0.2) is 24.5 Å². The topological polar surface area (TPSA) is 62.7 Å². The summed E-state index contributed by atoms with van der Waals surface area (Å²) in [7, 11) is 0. The van der Waals surface area contributed by atoms with Crippen LogP contribution < -0.4 is 0 Å². The molecule has 0 N–H and O–H groups in total. The quantitative estimate of drug-likeness (QED) is 0.771. The second-order valence-corrected chi connectivity index (χ2v) is 8.50. The summed E-state index contributed by atoms with van der Waals surface area (Å²) >= 11 is 0. The van der Waals surface area contributed by atoms with Crippen LogP contribution in [0.1, 0.15) is 56.8 Å². The molecule has 2 amide bonds. The van der Waals surface area contributed by atoms with E-state index in [-0.39, 0.29) is 17.4 Å². The molecule has 1 spiro atoms. The van der Waals surface area contributed by atoms with Gasteiger partial charge in [-0.25, -0.2) is 4.79 Å². The number of hydrogen-bond donors (Lipinski definition) is 0. The van der Waals surface area contributed by atoms with Gasteiger partial charge in [-0.2, -0.15) is 0 Å². The molecule has 142 valence electrons. The van der Waals surface area contributed by atoms with Gasteiger partial charge in [0.05, 0.1) is 0 Å². The molecule has 3 heterocycles. The van der Waals surface area contributed by atoms with Gasteiger partial charge in [-0.1, -0.05) is 0 Å². The first kappa shape index (κ1) is 18.7. The van der Waals surface area contributed by atoms with E-state index >= 15 is 0 Å². The summed E-state index contributed by atoms with van der Waals surface area (Å²) in [6.07, 6.45) is 7.10. The first-order valence-corrected chi connectivity index (χ1v) is 9.45. The molecule has 0 unspecified atom stereocenters. The number of pyridine rings is 1. The van der Waals surface area contributed by atoms with E-state index in [4.69, 9.17) is 4.74 Å². The second kappa shape index (κ2) is 7.25. The van der Waals surface area contributed by atoms with Crippen molar-refractivity contribution < 1.29 is 14.3 Å². The smallest absolute Gasteiger partial charge is 0.410 e. The summed E-state index contributed by atoms with van der Waals surface area (Å²) in [5.74, 6) is 0.0911. The van der Waals surface area contributed by atoms with Crippen molar-refractivity contribution in [2.24, 2.45) is 5.41 Å². The molecule has 6 nitrogen and oxygen atoms in total. The lowest BCUT2D eigenvalue weighted by Crippen LogP contribution is -2.50. The maximum absolute atomic E-state index is 12.6. The number of piperidine rings is 2. The van der Waals surface area contributed by atoms with Gasteiger partial charge in [0.1, 0.15) is 5.60 Å². The highest BCUT2D eigenvalue weighted by molar-refractivity contribution is 5.94. The molecule has 0 saturated carbocycles. The van der Waals surface area contributed by atoms with Gasteiger partial charge in [-0.15, -0.1) is 0 Å². The molecule has 0 aromatic carbocycles. The number of aromatic nitrogens is 1. The number of rotatable bonds is 1. The van der Waals surface area contributed by atoms with E-state index in [1.807, 2.05) is 30.6 Å². The number of nitrogens with zero attached hydrogens (tertiary/aromatic N) is 3. The molecule has 2 saturated heterocycles. The molecule has 2 aliphatic rings. The largest absolute Gasteiger partial charge is 0.444 e. The molecule has 26 heavy (non-hydrogen) atoms. The average molecular weight is 359 g/mol. The normalized spacial score (nSPS) is 20.1. The Balaban J connectivity index is 1.51. The van der Waals surface area contributed by atoms with Crippen LogP contribution in [0.3, 0.4) is 0 Å². The zero-order valence-corrected chi connectivity index (χ0v) is 16.0. The predicted molar refractivity (Wildman–Crippen MR) is 98.8 cm³/mol. The Morgan fingerprint density at radius 1 is 0.962 bits per heavy atom. The Labute approximate surface area is 155 Å². The Bertz CT molecular complexity index is 636. The fourth-order valence-corrected chi connectivity index (χ4v) is 3.85. The lowest BCUT2D eigenvalue weighted by molar-refractivity contribution is -0.00113. The van der Waals surface area contributed by atoms with Crippen LogP contribution in [0.25, 0.3) is 0 Å². The Hall–Kier alpha value is -2.11. The van der Waals surface area contributed by atoms with E-state index in [9.17, 15) is 9.59 Å². The first-order chi connectivity index (χ1) is 12.3. The molecule has 2 fully saturated rings. The van der Waals surface area contributed by atoms with Crippen molar-refractivity contribution in [1.29, 1.82) is 0 Å². The average Bonchev–Trinajstić information content (AvgIpc) is 2.62. The van der Waals surface area contributed by atoms with E-state index in [2.05, 4.69) is 4.98 Å². The Morgan fingerprint density at radius 3 is 1.96 bits per heavy atom. The Kier molecular flexibility index (Phi) is 5.21. The van der Waals surface area contributed by atoms with Crippen LogP contribution >= 0.6 is 0 Å². The van der Waals surface area contributed by atoms with E-state index in [0.717, 1.165) is 51.9 Å². The summed E-state index contributed by atoms with van der Waals surface area (Å²) in [4.78, 5) is 32.5. The summed E-state index contributed by atoms with van der Waals surface area (Å²) in [6.45, 7) is 8.74. The first-order valence-electron chi connectivity index (χ1n) is 9.45. The molecule has 0 radical (unpaired) electrons. The second-order valence-electron chi connectivity index (χ2n) is 8.50. The molecule has 3 rings (SSSR count). The van der Waals surface area contributed by atoms with Crippen LogP contribution in [0, 0.1) is 5.41 Å².